The van der Waals surface area contributed by atoms with E-state index in [2.05, 4.69) is 10.3 Å². The molecule has 126 valence electrons. The van der Waals surface area contributed by atoms with E-state index in [1.807, 2.05) is 37.3 Å². The molecular formula is C18H15ClN4O2. The lowest BCUT2D eigenvalue weighted by atomic mass is 10.1. The number of carbonyl (C=O) groups is 2. The summed E-state index contributed by atoms with van der Waals surface area (Å²) in [7, 11) is 0. The van der Waals surface area contributed by atoms with Crippen LogP contribution in [0.5, 0.6) is 0 Å². The average molecular weight is 355 g/mol. The molecule has 2 aromatic rings. The van der Waals surface area contributed by atoms with Crippen molar-refractivity contribution in [2.24, 2.45) is 10.3 Å². The molecule has 2 aliphatic heterocycles. The molecule has 0 spiro atoms. The van der Waals surface area contributed by atoms with Crippen LogP contribution in [-0.4, -0.2) is 28.9 Å². The van der Waals surface area contributed by atoms with E-state index in [4.69, 9.17) is 11.6 Å². The van der Waals surface area contributed by atoms with Crippen molar-refractivity contribution in [2.45, 2.75) is 25.6 Å². The normalized spacial score (nSPS) is 22.0. The Bertz CT molecular complexity index is 881. The second-order valence-electron chi connectivity index (χ2n) is 6.17. The van der Waals surface area contributed by atoms with E-state index in [-0.39, 0.29) is 11.8 Å². The van der Waals surface area contributed by atoms with Gasteiger partial charge in [-0.15, -0.1) is 0 Å². The van der Waals surface area contributed by atoms with Gasteiger partial charge in [-0.1, -0.05) is 46.7 Å². The number of amides is 2. The van der Waals surface area contributed by atoms with E-state index >= 15 is 0 Å². The van der Waals surface area contributed by atoms with E-state index in [1.54, 1.807) is 23.2 Å². The smallest absolute Gasteiger partial charge is 0.263 e. The van der Waals surface area contributed by atoms with Crippen molar-refractivity contribution in [3.63, 3.8) is 0 Å². The van der Waals surface area contributed by atoms with Crippen LogP contribution in [0.1, 0.15) is 11.1 Å². The molecule has 0 bridgehead atoms. The van der Waals surface area contributed by atoms with Crippen LogP contribution >= 0.6 is 11.6 Å². The maximum absolute atomic E-state index is 12.9. The highest BCUT2D eigenvalue weighted by atomic mass is 35.5. The lowest BCUT2D eigenvalue weighted by molar-refractivity contribution is -0.123. The molecule has 1 fully saturated rings. The summed E-state index contributed by atoms with van der Waals surface area (Å²) >= 11 is 6.01. The van der Waals surface area contributed by atoms with Crippen LogP contribution in [0, 0.1) is 6.92 Å². The largest absolute Gasteiger partial charge is 0.271 e. The zero-order valence-electron chi connectivity index (χ0n) is 13.5. The van der Waals surface area contributed by atoms with Crippen LogP contribution in [0.3, 0.4) is 0 Å². The summed E-state index contributed by atoms with van der Waals surface area (Å²) < 4.78 is 0. The lowest BCUT2D eigenvalue weighted by Gasteiger charge is -2.20. The van der Waals surface area contributed by atoms with Gasteiger partial charge in [0.2, 0.25) is 0 Å². The number of halogens is 1. The van der Waals surface area contributed by atoms with Gasteiger partial charge in [0.15, 0.2) is 12.1 Å². The summed E-state index contributed by atoms with van der Waals surface area (Å²) in [5, 5.41) is 10.2. The summed E-state index contributed by atoms with van der Waals surface area (Å²) in [6.07, 6.45) is 0. The number of anilines is 1. The number of nitrogens with zero attached hydrogens (tertiary/aromatic N) is 4. The maximum Gasteiger partial charge on any atom is 0.263 e. The molecular weight excluding hydrogens is 340 g/mol. The molecule has 4 rings (SSSR count). The van der Waals surface area contributed by atoms with Gasteiger partial charge in [0.05, 0.1) is 12.2 Å². The van der Waals surface area contributed by atoms with Crippen LogP contribution < -0.4 is 4.90 Å². The number of aryl methyl sites for hydroxylation is 1. The second-order valence-corrected chi connectivity index (χ2v) is 6.61. The number of imide groups is 1. The van der Waals surface area contributed by atoms with Gasteiger partial charge in [-0.2, -0.15) is 5.11 Å². The standard InChI is InChI=1S/C18H15ClN4O2/c1-11-5-7-14(8-6-11)23-17(24)15-16(18(23)25)22(21-20-15)10-12-3-2-4-13(19)9-12/h2-9,15-16H,10H2,1H3/t15-,16+/m0/s1. The van der Waals surface area contributed by atoms with Crippen molar-refractivity contribution in [1.29, 1.82) is 0 Å². The lowest BCUT2D eigenvalue weighted by Crippen LogP contribution is -2.39. The van der Waals surface area contributed by atoms with Gasteiger partial charge in [0.1, 0.15) is 0 Å². The Kier molecular flexibility index (Phi) is 3.77. The topological polar surface area (TPSA) is 65.3 Å². The Balaban J connectivity index is 1.60. The van der Waals surface area contributed by atoms with Crippen LogP contribution in [0.25, 0.3) is 0 Å². The first-order chi connectivity index (χ1) is 12.0. The zero-order chi connectivity index (χ0) is 17.6. The van der Waals surface area contributed by atoms with Crippen LogP contribution in [0.2, 0.25) is 5.02 Å². The van der Waals surface area contributed by atoms with Gasteiger partial charge in [0.25, 0.3) is 11.8 Å². The number of rotatable bonds is 3. The van der Waals surface area contributed by atoms with Crippen LogP contribution in [0.15, 0.2) is 58.9 Å². The maximum atomic E-state index is 12.9. The predicted octanol–water partition coefficient (Wildman–Crippen LogP) is 3.14. The highest BCUT2D eigenvalue weighted by Crippen LogP contribution is 2.33. The van der Waals surface area contributed by atoms with Gasteiger partial charge in [-0.05, 0) is 36.8 Å². The first-order valence-corrected chi connectivity index (χ1v) is 8.29. The Morgan fingerprint density at radius 1 is 1.08 bits per heavy atom. The van der Waals surface area contributed by atoms with Gasteiger partial charge >= 0.3 is 0 Å². The third kappa shape index (κ3) is 2.68. The molecule has 0 radical (unpaired) electrons. The molecule has 0 saturated carbocycles. The Morgan fingerprint density at radius 2 is 1.84 bits per heavy atom. The number of carbonyl (C=O) groups excluding carboxylic acids is 2. The van der Waals surface area contributed by atoms with Crippen molar-refractivity contribution in [3.8, 4) is 0 Å². The van der Waals surface area contributed by atoms with Gasteiger partial charge in [0, 0.05) is 5.02 Å². The molecule has 7 heteroatoms. The molecule has 0 unspecified atom stereocenters. The predicted molar refractivity (Wildman–Crippen MR) is 93.1 cm³/mol. The third-order valence-electron chi connectivity index (χ3n) is 4.38. The molecule has 2 heterocycles. The first kappa shape index (κ1) is 15.8. The molecule has 0 N–H and O–H groups in total. The molecule has 0 aromatic heterocycles. The van der Waals surface area contributed by atoms with E-state index in [9.17, 15) is 9.59 Å². The van der Waals surface area contributed by atoms with Crippen molar-refractivity contribution in [1.82, 2.24) is 5.01 Å². The van der Waals surface area contributed by atoms with Crippen LogP contribution in [-0.2, 0) is 16.1 Å². The van der Waals surface area contributed by atoms with Gasteiger partial charge < -0.3 is 0 Å². The SMILES string of the molecule is Cc1ccc(N2C(=O)[C@H]3N=NN(Cc4cccc(Cl)c4)[C@H]3C2=O)cc1. The highest BCUT2D eigenvalue weighted by Gasteiger charge is 2.54. The van der Waals surface area contributed by atoms with E-state index in [0.29, 0.717) is 17.3 Å². The Hall–Kier alpha value is -2.73. The molecule has 2 amide bonds. The number of hydrogen-bond donors (Lipinski definition) is 0. The first-order valence-electron chi connectivity index (χ1n) is 7.91. The summed E-state index contributed by atoms with van der Waals surface area (Å²) in [6.45, 7) is 2.32. The quantitative estimate of drug-likeness (QED) is 0.795. The minimum atomic E-state index is -0.784. The number of hydrogen-bond acceptors (Lipinski definition) is 5. The van der Waals surface area contributed by atoms with Crippen molar-refractivity contribution >= 4 is 29.1 Å². The molecule has 0 aliphatic carbocycles. The molecule has 2 aliphatic rings. The molecule has 25 heavy (non-hydrogen) atoms. The van der Waals surface area contributed by atoms with Gasteiger partial charge in [-0.3, -0.25) is 14.6 Å². The summed E-state index contributed by atoms with van der Waals surface area (Å²) in [6, 6.07) is 13.1. The monoisotopic (exact) mass is 354 g/mol. The van der Waals surface area contributed by atoms with Crippen molar-refractivity contribution in [2.75, 3.05) is 4.90 Å². The molecule has 1 saturated heterocycles. The van der Waals surface area contributed by atoms with Crippen LogP contribution in [0.4, 0.5) is 5.69 Å². The average Bonchev–Trinajstić information content (AvgIpc) is 3.10. The number of benzene rings is 2. The summed E-state index contributed by atoms with van der Waals surface area (Å²) in [5.41, 5.74) is 2.53. The Labute approximate surface area is 149 Å². The van der Waals surface area contributed by atoms with Crippen molar-refractivity contribution in [3.05, 3.63) is 64.7 Å². The fourth-order valence-corrected chi connectivity index (χ4v) is 3.34. The molecule has 2 aromatic carbocycles. The third-order valence-corrected chi connectivity index (χ3v) is 4.62. The second kappa shape index (κ2) is 5.97. The molecule has 2 atom stereocenters. The van der Waals surface area contributed by atoms with E-state index in [0.717, 1.165) is 11.1 Å². The van der Waals surface area contributed by atoms with E-state index < -0.39 is 12.1 Å². The minimum absolute atomic E-state index is 0.300. The number of fused-ring (bicyclic) bond motifs is 1. The fourth-order valence-electron chi connectivity index (χ4n) is 3.12. The van der Waals surface area contributed by atoms with Gasteiger partial charge in [-0.25, -0.2) is 4.90 Å². The summed E-state index contributed by atoms with van der Waals surface area (Å²) in [5.74, 6) is -0.637. The van der Waals surface area contributed by atoms with Crippen molar-refractivity contribution < 1.29 is 9.59 Å². The highest BCUT2D eigenvalue weighted by molar-refractivity contribution is 6.30. The minimum Gasteiger partial charge on any atom is -0.271 e. The zero-order valence-corrected chi connectivity index (χ0v) is 14.2. The fraction of sp³-hybridized carbons (Fsp3) is 0.222. The van der Waals surface area contributed by atoms with E-state index in [1.165, 1.54) is 4.90 Å². The summed E-state index contributed by atoms with van der Waals surface area (Å²) in [4.78, 5) is 26.7. The molecule has 6 nitrogen and oxygen atoms in total. The Morgan fingerprint density at radius 3 is 2.56 bits per heavy atom.